The minimum atomic E-state index is -5.06. The summed E-state index contributed by atoms with van der Waals surface area (Å²) >= 11 is 0. The zero-order valence-electron chi connectivity index (χ0n) is 14.7. The first kappa shape index (κ1) is 20.2. The number of carbonyl (C=O) groups excluding carboxylic acids is 2. The van der Waals surface area contributed by atoms with E-state index in [-0.39, 0.29) is 18.4 Å². The molecule has 26 heavy (non-hydrogen) atoms. The summed E-state index contributed by atoms with van der Waals surface area (Å²) in [6.45, 7) is 2.99. The molecular formula is C16H23F3N4O3. The summed E-state index contributed by atoms with van der Waals surface area (Å²) in [6, 6.07) is 0. The number of aryl methyl sites for hydroxylation is 1. The molecule has 0 spiro atoms. The van der Waals surface area contributed by atoms with Crippen molar-refractivity contribution < 1.29 is 27.9 Å². The molecule has 0 saturated carbocycles. The van der Waals surface area contributed by atoms with Gasteiger partial charge in [-0.2, -0.15) is 13.2 Å². The number of alkyl halides is 3. The van der Waals surface area contributed by atoms with Crippen LogP contribution in [0.3, 0.4) is 0 Å². The van der Waals surface area contributed by atoms with E-state index in [9.17, 15) is 27.9 Å². The van der Waals surface area contributed by atoms with Crippen LogP contribution in [0.2, 0.25) is 0 Å². The second-order valence-electron chi connectivity index (χ2n) is 6.75. The van der Waals surface area contributed by atoms with Gasteiger partial charge in [0, 0.05) is 45.5 Å². The SMILES string of the molecule is C[C@@H](CNC(=O)C[C@@](O)(c1nccn1C)C(F)(F)F)CN1CCCC1=O. The van der Waals surface area contributed by atoms with Crippen molar-refractivity contribution in [2.45, 2.75) is 38.0 Å². The molecule has 2 atom stereocenters. The summed E-state index contributed by atoms with van der Waals surface area (Å²) < 4.78 is 41.2. The lowest BCUT2D eigenvalue weighted by molar-refractivity contribution is -0.271. The number of carbonyl (C=O) groups is 2. The quantitative estimate of drug-likeness (QED) is 0.741. The molecule has 1 saturated heterocycles. The van der Waals surface area contributed by atoms with Crippen molar-refractivity contribution in [2.75, 3.05) is 19.6 Å². The molecule has 2 rings (SSSR count). The summed E-state index contributed by atoms with van der Waals surface area (Å²) in [5.74, 6) is -1.65. The number of likely N-dealkylation sites (tertiary alicyclic amines) is 1. The van der Waals surface area contributed by atoms with E-state index in [1.807, 2.05) is 0 Å². The third-order valence-corrected chi connectivity index (χ3v) is 4.43. The fourth-order valence-corrected chi connectivity index (χ4v) is 2.99. The van der Waals surface area contributed by atoms with Crippen LogP contribution in [0, 0.1) is 5.92 Å². The van der Waals surface area contributed by atoms with Crippen molar-refractivity contribution in [2.24, 2.45) is 13.0 Å². The Labute approximate surface area is 149 Å². The first-order valence-electron chi connectivity index (χ1n) is 8.36. The summed E-state index contributed by atoms with van der Waals surface area (Å²) in [5.41, 5.74) is -3.37. The van der Waals surface area contributed by atoms with Crippen molar-refractivity contribution in [3.8, 4) is 0 Å². The van der Waals surface area contributed by atoms with Gasteiger partial charge in [0.25, 0.3) is 0 Å². The number of amides is 2. The number of hydrogen-bond acceptors (Lipinski definition) is 4. The van der Waals surface area contributed by atoms with Gasteiger partial charge < -0.3 is 19.9 Å². The lowest BCUT2D eigenvalue weighted by Gasteiger charge is -2.29. The third-order valence-electron chi connectivity index (χ3n) is 4.43. The van der Waals surface area contributed by atoms with Crippen molar-refractivity contribution in [1.82, 2.24) is 19.8 Å². The number of aliphatic hydroxyl groups is 1. The second kappa shape index (κ2) is 7.65. The molecular weight excluding hydrogens is 353 g/mol. The molecule has 0 aliphatic carbocycles. The molecule has 0 radical (unpaired) electrons. The molecule has 1 aromatic rings. The number of imidazole rings is 1. The van der Waals surface area contributed by atoms with Crippen LogP contribution in [0.1, 0.15) is 32.0 Å². The molecule has 0 bridgehead atoms. The Balaban J connectivity index is 1.95. The van der Waals surface area contributed by atoms with Gasteiger partial charge in [-0.3, -0.25) is 9.59 Å². The normalized spacial score (nSPS) is 18.7. The predicted molar refractivity (Wildman–Crippen MR) is 85.8 cm³/mol. The Morgan fingerprint density at radius 3 is 2.65 bits per heavy atom. The Hall–Kier alpha value is -2.10. The summed E-state index contributed by atoms with van der Waals surface area (Å²) in [6.07, 6.45) is -2.56. The number of halogens is 3. The van der Waals surface area contributed by atoms with Gasteiger partial charge >= 0.3 is 6.18 Å². The number of nitrogens with one attached hydrogen (secondary N) is 1. The molecule has 2 heterocycles. The molecule has 2 N–H and O–H groups in total. The fraction of sp³-hybridized carbons (Fsp3) is 0.688. The molecule has 1 aromatic heterocycles. The van der Waals surface area contributed by atoms with Crippen LogP contribution >= 0.6 is 0 Å². The van der Waals surface area contributed by atoms with Crippen molar-refractivity contribution in [3.05, 3.63) is 18.2 Å². The Bertz CT molecular complexity index is 661. The average Bonchev–Trinajstić information content (AvgIpc) is 3.13. The zero-order valence-corrected chi connectivity index (χ0v) is 14.7. The van der Waals surface area contributed by atoms with E-state index in [0.29, 0.717) is 19.5 Å². The van der Waals surface area contributed by atoms with Gasteiger partial charge in [-0.25, -0.2) is 4.98 Å². The number of aromatic nitrogens is 2. The second-order valence-corrected chi connectivity index (χ2v) is 6.75. The van der Waals surface area contributed by atoms with E-state index < -0.39 is 29.9 Å². The molecule has 0 aromatic carbocycles. The Morgan fingerprint density at radius 2 is 2.15 bits per heavy atom. The van der Waals surface area contributed by atoms with E-state index >= 15 is 0 Å². The lowest BCUT2D eigenvalue weighted by atomic mass is 9.97. The largest absolute Gasteiger partial charge is 0.425 e. The highest BCUT2D eigenvalue weighted by atomic mass is 19.4. The summed E-state index contributed by atoms with van der Waals surface area (Å²) in [7, 11) is 1.31. The van der Waals surface area contributed by atoms with Crippen LogP contribution in [0.25, 0.3) is 0 Å². The van der Waals surface area contributed by atoms with Crippen molar-refractivity contribution in [1.29, 1.82) is 0 Å². The third kappa shape index (κ3) is 4.35. The molecule has 1 aliphatic heterocycles. The molecule has 1 fully saturated rings. The highest BCUT2D eigenvalue weighted by molar-refractivity contribution is 5.78. The molecule has 2 amide bonds. The predicted octanol–water partition coefficient (Wildman–Crippen LogP) is 0.935. The fourth-order valence-electron chi connectivity index (χ4n) is 2.99. The monoisotopic (exact) mass is 376 g/mol. The van der Waals surface area contributed by atoms with Gasteiger partial charge in [0.05, 0.1) is 6.42 Å². The van der Waals surface area contributed by atoms with Crippen LogP contribution in [0.15, 0.2) is 12.4 Å². The van der Waals surface area contributed by atoms with Crippen LogP contribution < -0.4 is 5.32 Å². The van der Waals surface area contributed by atoms with Gasteiger partial charge in [-0.15, -0.1) is 0 Å². The van der Waals surface area contributed by atoms with Crippen LogP contribution in [-0.2, 0) is 22.2 Å². The van der Waals surface area contributed by atoms with Gasteiger partial charge in [0.15, 0.2) is 5.82 Å². The maximum atomic E-state index is 13.4. The highest BCUT2D eigenvalue weighted by Gasteiger charge is 2.58. The number of nitrogens with zero attached hydrogens (tertiary/aromatic N) is 3. The topological polar surface area (TPSA) is 87.5 Å². The van der Waals surface area contributed by atoms with E-state index in [4.69, 9.17) is 0 Å². The maximum Gasteiger partial charge on any atom is 0.425 e. The molecule has 0 unspecified atom stereocenters. The first-order chi connectivity index (χ1) is 12.0. The molecule has 10 heteroatoms. The minimum Gasteiger partial charge on any atom is -0.374 e. The van der Waals surface area contributed by atoms with E-state index in [2.05, 4.69) is 10.3 Å². The van der Waals surface area contributed by atoms with Gasteiger partial charge in [0.2, 0.25) is 17.4 Å². The number of hydrogen-bond donors (Lipinski definition) is 2. The minimum absolute atomic E-state index is 0.0457. The van der Waals surface area contributed by atoms with Gasteiger partial charge in [-0.1, -0.05) is 6.92 Å². The molecule has 146 valence electrons. The van der Waals surface area contributed by atoms with Crippen LogP contribution in [0.4, 0.5) is 13.2 Å². The highest BCUT2D eigenvalue weighted by Crippen LogP contribution is 2.40. The Kier molecular flexibility index (Phi) is 5.94. The lowest BCUT2D eigenvalue weighted by Crippen LogP contribution is -2.48. The Morgan fingerprint density at radius 1 is 1.46 bits per heavy atom. The van der Waals surface area contributed by atoms with E-state index in [1.54, 1.807) is 11.8 Å². The molecule has 7 nitrogen and oxygen atoms in total. The van der Waals surface area contributed by atoms with E-state index in [1.165, 1.54) is 13.2 Å². The van der Waals surface area contributed by atoms with Gasteiger partial charge in [0.1, 0.15) is 0 Å². The smallest absolute Gasteiger partial charge is 0.374 e. The number of rotatable bonds is 7. The maximum absolute atomic E-state index is 13.4. The van der Waals surface area contributed by atoms with Crippen molar-refractivity contribution >= 4 is 11.8 Å². The standard InChI is InChI=1S/C16H23F3N4O3/c1-11(10-23-6-3-4-13(23)25)9-21-12(24)8-15(26,16(17,18)19)14-20-5-7-22(14)2/h5,7,11,26H,3-4,6,8-10H2,1-2H3,(H,21,24)/t11-,15+/m0/s1. The summed E-state index contributed by atoms with van der Waals surface area (Å²) in [4.78, 5) is 28.8. The van der Waals surface area contributed by atoms with Crippen LogP contribution in [0.5, 0.6) is 0 Å². The van der Waals surface area contributed by atoms with E-state index in [0.717, 1.165) is 17.2 Å². The zero-order chi connectivity index (χ0) is 19.5. The molecule has 1 aliphatic rings. The first-order valence-corrected chi connectivity index (χ1v) is 8.36. The van der Waals surface area contributed by atoms with Gasteiger partial charge in [-0.05, 0) is 12.3 Å². The summed E-state index contributed by atoms with van der Waals surface area (Å²) in [5, 5.41) is 12.6. The van der Waals surface area contributed by atoms with Crippen molar-refractivity contribution in [3.63, 3.8) is 0 Å². The average molecular weight is 376 g/mol. The van der Waals surface area contributed by atoms with Crippen LogP contribution in [-0.4, -0.2) is 57.2 Å².